The number of rotatable bonds is 0. The van der Waals surface area contributed by atoms with Crippen LogP contribution in [0.1, 0.15) is 32.6 Å². The lowest BCUT2D eigenvalue weighted by atomic mass is 9.72. The molecule has 0 aromatic carbocycles. The van der Waals surface area contributed by atoms with E-state index in [1.54, 1.807) is 22.3 Å². The molecule has 0 amide bonds. The lowest BCUT2D eigenvalue weighted by molar-refractivity contribution is 0.609. The van der Waals surface area contributed by atoms with Crippen LogP contribution in [-0.4, -0.2) is 0 Å². The van der Waals surface area contributed by atoms with Crippen LogP contribution in [0.5, 0.6) is 0 Å². The van der Waals surface area contributed by atoms with Crippen molar-refractivity contribution in [1.82, 2.24) is 0 Å². The van der Waals surface area contributed by atoms with Gasteiger partial charge in [0, 0.05) is 5.92 Å². The van der Waals surface area contributed by atoms with Crippen molar-refractivity contribution in [3.05, 3.63) is 46.6 Å². The molecule has 82 valence electrons. The van der Waals surface area contributed by atoms with Gasteiger partial charge in [-0.1, -0.05) is 29.9 Å². The van der Waals surface area contributed by atoms with Crippen molar-refractivity contribution in [2.75, 3.05) is 0 Å². The highest BCUT2D eigenvalue weighted by molar-refractivity contribution is 5.56. The molecule has 3 unspecified atom stereocenters. The van der Waals surface area contributed by atoms with Gasteiger partial charge in [0.25, 0.3) is 0 Å². The third-order valence-corrected chi connectivity index (χ3v) is 4.85. The first-order valence-corrected chi connectivity index (χ1v) is 6.63. The minimum absolute atomic E-state index is 0.711. The Labute approximate surface area is 97.4 Å². The van der Waals surface area contributed by atoms with Crippen molar-refractivity contribution in [1.29, 1.82) is 0 Å². The van der Waals surface area contributed by atoms with Crippen LogP contribution in [0.25, 0.3) is 0 Å². The van der Waals surface area contributed by atoms with E-state index < -0.39 is 0 Å². The third kappa shape index (κ3) is 1.10. The van der Waals surface area contributed by atoms with E-state index in [1.807, 2.05) is 0 Å². The van der Waals surface area contributed by atoms with Gasteiger partial charge in [0.05, 0.1) is 0 Å². The van der Waals surface area contributed by atoms with Gasteiger partial charge >= 0.3 is 0 Å². The topological polar surface area (TPSA) is 0 Å². The molecule has 0 N–H and O–H groups in total. The maximum absolute atomic E-state index is 2.50. The average Bonchev–Trinajstić information content (AvgIpc) is 3.08. The summed E-state index contributed by atoms with van der Waals surface area (Å²) < 4.78 is 0. The smallest absolute Gasteiger partial charge is 0.00861 e. The summed E-state index contributed by atoms with van der Waals surface area (Å²) in [5, 5.41) is 0. The minimum Gasteiger partial charge on any atom is -0.0836 e. The van der Waals surface area contributed by atoms with E-state index >= 15 is 0 Å². The Morgan fingerprint density at radius 3 is 3.19 bits per heavy atom. The predicted octanol–water partition coefficient (Wildman–Crippen LogP) is 4.18. The SMILES string of the molecule is CC1=CC2=C(C3=CC=CCC13)C1CC1CC2. The standard InChI is InChI=1S/C16H18/c1-10-8-12-7-6-11-9-15(11)16(12)14-5-3-2-4-13(10)14/h2-3,5,8,11,13,15H,4,6-7,9H2,1H3. The molecule has 0 heterocycles. The fourth-order valence-electron chi connectivity index (χ4n) is 3.90. The Morgan fingerprint density at radius 2 is 2.25 bits per heavy atom. The molecule has 4 aliphatic carbocycles. The van der Waals surface area contributed by atoms with Gasteiger partial charge in [-0.3, -0.25) is 0 Å². The van der Waals surface area contributed by atoms with Gasteiger partial charge in [0.15, 0.2) is 0 Å². The molecule has 4 aliphatic rings. The summed E-state index contributed by atoms with van der Waals surface area (Å²) in [5.74, 6) is 2.69. The van der Waals surface area contributed by atoms with Gasteiger partial charge in [-0.2, -0.15) is 0 Å². The van der Waals surface area contributed by atoms with E-state index in [0.717, 1.165) is 11.8 Å². The zero-order valence-electron chi connectivity index (χ0n) is 9.87. The summed E-state index contributed by atoms with van der Waals surface area (Å²) in [6, 6.07) is 0. The summed E-state index contributed by atoms with van der Waals surface area (Å²) in [4.78, 5) is 0. The third-order valence-electron chi connectivity index (χ3n) is 4.85. The average molecular weight is 210 g/mol. The van der Waals surface area contributed by atoms with E-state index in [2.05, 4.69) is 31.2 Å². The second-order valence-electron chi connectivity index (χ2n) is 5.81. The predicted molar refractivity (Wildman–Crippen MR) is 66.9 cm³/mol. The maximum Gasteiger partial charge on any atom is 0.00861 e. The number of hydrogen-bond donors (Lipinski definition) is 0. The summed E-state index contributed by atoms with van der Waals surface area (Å²) in [5.41, 5.74) is 6.70. The first kappa shape index (κ1) is 9.04. The van der Waals surface area contributed by atoms with Gasteiger partial charge < -0.3 is 0 Å². The second-order valence-corrected chi connectivity index (χ2v) is 5.81. The number of fused-ring (bicyclic) bond motifs is 4. The molecule has 0 bridgehead atoms. The van der Waals surface area contributed by atoms with Crippen molar-refractivity contribution >= 4 is 0 Å². The zero-order chi connectivity index (χ0) is 10.7. The van der Waals surface area contributed by atoms with Crippen LogP contribution >= 0.6 is 0 Å². The molecule has 0 spiro atoms. The summed E-state index contributed by atoms with van der Waals surface area (Å²) >= 11 is 0. The summed E-state index contributed by atoms with van der Waals surface area (Å²) in [6.07, 6.45) is 15.0. The highest BCUT2D eigenvalue weighted by atomic mass is 14.5. The maximum atomic E-state index is 2.50. The molecule has 0 radical (unpaired) electrons. The van der Waals surface area contributed by atoms with E-state index in [4.69, 9.17) is 0 Å². The largest absolute Gasteiger partial charge is 0.0836 e. The van der Waals surface area contributed by atoms with Crippen LogP contribution < -0.4 is 0 Å². The number of allylic oxidation sites excluding steroid dienone is 8. The molecule has 0 aromatic rings. The Balaban J connectivity index is 1.89. The van der Waals surface area contributed by atoms with Crippen molar-refractivity contribution in [3.8, 4) is 0 Å². The first-order valence-electron chi connectivity index (χ1n) is 6.63. The van der Waals surface area contributed by atoms with E-state index in [9.17, 15) is 0 Å². The molecular formula is C16H18. The molecule has 1 saturated carbocycles. The van der Waals surface area contributed by atoms with E-state index in [0.29, 0.717) is 5.92 Å². The Bertz CT molecular complexity index is 470. The lowest BCUT2D eigenvalue weighted by Gasteiger charge is -2.33. The quantitative estimate of drug-likeness (QED) is 0.563. The molecular weight excluding hydrogens is 192 g/mol. The molecule has 4 rings (SSSR count). The van der Waals surface area contributed by atoms with E-state index in [-0.39, 0.29) is 0 Å². The molecule has 1 fully saturated rings. The summed E-state index contributed by atoms with van der Waals surface area (Å²) in [7, 11) is 0. The number of hydrogen-bond acceptors (Lipinski definition) is 0. The van der Waals surface area contributed by atoms with Gasteiger partial charge in [0.2, 0.25) is 0 Å². The van der Waals surface area contributed by atoms with Crippen molar-refractivity contribution in [2.24, 2.45) is 17.8 Å². The van der Waals surface area contributed by atoms with Crippen LogP contribution in [0, 0.1) is 17.8 Å². The normalized spacial score (nSPS) is 39.4. The fourth-order valence-corrected chi connectivity index (χ4v) is 3.90. The zero-order valence-corrected chi connectivity index (χ0v) is 9.87. The van der Waals surface area contributed by atoms with Crippen LogP contribution in [0.4, 0.5) is 0 Å². The Morgan fingerprint density at radius 1 is 1.31 bits per heavy atom. The van der Waals surface area contributed by atoms with Crippen molar-refractivity contribution < 1.29 is 0 Å². The molecule has 3 atom stereocenters. The van der Waals surface area contributed by atoms with Gasteiger partial charge in [0.1, 0.15) is 0 Å². The van der Waals surface area contributed by atoms with Crippen LogP contribution in [0.15, 0.2) is 46.6 Å². The van der Waals surface area contributed by atoms with Crippen molar-refractivity contribution in [2.45, 2.75) is 32.6 Å². The van der Waals surface area contributed by atoms with Gasteiger partial charge in [-0.05, 0) is 61.2 Å². The highest BCUT2D eigenvalue weighted by Crippen LogP contribution is 2.58. The van der Waals surface area contributed by atoms with Gasteiger partial charge in [-0.15, -0.1) is 0 Å². The molecule has 0 saturated heterocycles. The molecule has 0 aromatic heterocycles. The molecule has 0 aliphatic heterocycles. The molecule has 0 heteroatoms. The molecule has 16 heavy (non-hydrogen) atoms. The van der Waals surface area contributed by atoms with Crippen LogP contribution in [-0.2, 0) is 0 Å². The first-order chi connectivity index (χ1) is 7.84. The van der Waals surface area contributed by atoms with E-state index in [1.165, 1.54) is 25.7 Å². The Kier molecular flexibility index (Phi) is 1.69. The Hall–Kier alpha value is -1.04. The lowest BCUT2D eigenvalue weighted by Crippen LogP contribution is -2.18. The van der Waals surface area contributed by atoms with Gasteiger partial charge in [-0.25, -0.2) is 0 Å². The highest BCUT2D eigenvalue weighted by Gasteiger charge is 2.46. The van der Waals surface area contributed by atoms with Crippen LogP contribution in [0.2, 0.25) is 0 Å². The van der Waals surface area contributed by atoms with Crippen LogP contribution in [0.3, 0.4) is 0 Å². The minimum atomic E-state index is 0.711. The second kappa shape index (κ2) is 3.00. The summed E-state index contributed by atoms with van der Waals surface area (Å²) in [6.45, 7) is 2.32. The molecule has 0 nitrogen and oxygen atoms in total. The monoisotopic (exact) mass is 210 g/mol. The fraction of sp³-hybridized carbons (Fsp3) is 0.500. The van der Waals surface area contributed by atoms with Crippen molar-refractivity contribution in [3.63, 3.8) is 0 Å².